The number of benzene rings is 1. The lowest BCUT2D eigenvalue weighted by Crippen LogP contribution is -2.13. The maximum atomic E-state index is 10.6. The van der Waals surface area contributed by atoms with E-state index in [0.717, 1.165) is 24.9 Å². The highest BCUT2D eigenvalue weighted by atomic mass is 16.3. The minimum Gasteiger partial charge on any atom is -0.507 e. The van der Waals surface area contributed by atoms with Gasteiger partial charge in [-0.3, -0.25) is 4.79 Å². The number of phenolic OH excluding ortho intramolecular Hbond substituents is 1. The summed E-state index contributed by atoms with van der Waals surface area (Å²) < 4.78 is 0. The molecule has 1 saturated heterocycles. The van der Waals surface area contributed by atoms with E-state index in [2.05, 4.69) is 5.32 Å². The second kappa shape index (κ2) is 3.80. The van der Waals surface area contributed by atoms with E-state index in [0.29, 0.717) is 11.8 Å². The third kappa shape index (κ3) is 1.51. The van der Waals surface area contributed by atoms with Gasteiger partial charge in [-0.1, -0.05) is 12.1 Å². The van der Waals surface area contributed by atoms with E-state index in [1.807, 2.05) is 6.07 Å². The van der Waals surface area contributed by atoms with Crippen LogP contribution in [0.4, 0.5) is 0 Å². The number of para-hydroxylation sites is 1. The molecule has 3 heteroatoms. The van der Waals surface area contributed by atoms with Gasteiger partial charge < -0.3 is 10.4 Å². The van der Waals surface area contributed by atoms with Gasteiger partial charge in [-0.25, -0.2) is 0 Å². The fourth-order valence-corrected chi connectivity index (χ4v) is 1.91. The molecule has 1 aromatic carbocycles. The highest BCUT2D eigenvalue weighted by Crippen LogP contribution is 2.31. The van der Waals surface area contributed by atoms with E-state index >= 15 is 0 Å². The first-order chi connectivity index (χ1) is 6.83. The first kappa shape index (κ1) is 9.21. The zero-order chi connectivity index (χ0) is 9.97. The van der Waals surface area contributed by atoms with Crippen LogP contribution in [0.25, 0.3) is 0 Å². The molecule has 0 radical (unpaired) electrons. The zero-order valence-electron chi connectivity index (χ0n) is 7.86. The van der Waals surface area contributed by atoms with Crippen molar-refractivity contribution in [2.75, 3.05) is 6.54 Å². The van der Waals surface area contributed by atoms with Crippen molar-refractivity contribution in [2.45, 2.75) is 18.9 Å². The average Bonchev–Trinajstić information content (AvgIpc) is 2.71. The van der Waals surface area contributed by atoms with Gasteiger partial charge in [-0.05, 0) is 25.5 Å². The standard InChI is InChI=1S/C11H13NO2/c13-7-8-3-1-4-9(11(8)14)10-5-2-6-12-10/h1,3-4,7,10,12,14H,2,5-6H2. The van der Waals surface area contributed by atoms with Crippen molar-refractivity contribution >= 4 is 6.29 Å². The molecule has 2 N–H and O–H groups in total. The van der Waals surface area contributed by atoms with Crippen LogP contribution in [0.3, 0.4) is 0 Å². The Morgan fingerprint density at radius 3 is 3.00 bits per heavy atom. The van der Waals surface area contributed by atoms with Gasteiger partial charge >= 0.3 is 0 Å². The van der Waals surface area contributed by atoms with Crippen molar-refractivity contribution in [3.05, 3.63) is 29.3 Å². The second-order valence-electron chi connectivity index (χ2n) is 3.55. The molecular formula is C11H13NO2. The lowest BCUT2D eigenvalue weighted by atomic mass is 10.0. The molecule has 0 amide bonds. The lowest BCUT2D eigenvalue weighted by molar-refractivity contribution is 0.112. The summed E-state index contributed by atoms with van der Waals surface area (Å²) in [5.74, 6) is 0.127. The summed E-state index contributed by atoms with van der Waals surface area (Å²) in [4.78, 5) is 10.6. The van der Waals surface area contributed by atoms with Crippen LogP contribution in [0.2, 0.25) is 0 Å². The number of aldehydes is 1. The van der Waals surface area contributed by atoms with Crippen molar-refractivity contribution in [1.29, 1.82) is 0 Å². The van der Waals surface area contributed by atoms with E-state index in [9.17, 15) is 9.90 Å². The Bertz CT molecular complexity index is 343. The Balaban J connectivity index is 2.36. The fraction of sp³-hybridized carbons (Fsp3) is 0.364. The van der Waals surface area contributed by atoms with Crippen molar-refractivity contribution in [3.63, 3.8) is 0 Å². The van der Waals surface area contributed by atoms with E-state index < -0.39 is 0 Å². The van der Waals surface area contributed by atoms with Crippen LogP contribution in [0, 0.1) is 0 Å². The summed E-state index contributed by atoms with van der Waals surface area (Å²) in [5, 5.41) is 13.1. The number of hydrogen-bond acceptors (Lipinski definition) is 3. The number of carbonyl (C=O) groups is 1. The van der Waals surface area contributed by atoms with E-state index in [-0.39, 0.29) is 11.8 Å². The molecular weight excluding hydrogens is 178 g/mol. The van der Waals surface area contributed by atoms with Crippen molar-refractivity contribution in [2.24, 2.45) is 0 Å². The number of rotatable bonds is 2. The first-order valence-corrected chi connectivity index (χ1v) is 4.83. The molecule has 1 aliphatic heterocycles. The highest BCUT2D eigenvalue weighted by molar-refractivity contribution is 5.80. The quantitative estimate of drug-likeness (QED) is 0.698. The number of nitrogens with one attached hydrogen (secondary N) is 1. The van der Waals surface area contributed by atoms with Crippen LogP contribution >= 0.6 is 0 Å². The molecule has 0 aromatic heterocycles. The van der Waals surface area contributed by atoms with Crippen LogP contribution in [0.1, 0.15) is 34.8 Å². The van der Waals surface area contributed by atoms with Gasteiger partial charge in [0.1, 0.15) is 5.75 Å². The predicted octanol–water partition coefficient (Wildman–Crippen LogP) is 1.63. The number of carbonyl (C=O) groups excluding carboxylic acids is 1. The Kier molecular flexibility index (Phi) is 2.50. The maximum absolute atomic E-state index is 10.6. The Hall–Kier alpha value is -1.35. The monoisotopic (exact) mass is 191 g/mol. The van der Waals surface area contributed by atoms with Crippen LogP contribution in [-0.4, -0.2) is 17.9 Å². The number of hydrogen-bond donors (Lipinski definition) is 2. The van der Waals surface area contributed by atoms with Gasteiger partial charge in [0.2, 0.25) is 0 Å². The molecule has 2 rings (SSSR count). The number of phenols is 1. The molecule has 1 aliphatic rings. The summed E-state index contributed by atoms with van der Waals surface area (Å²) in [6.07, 6.45) is 2.83. The summed E-state index contributed by atoms with van der Waals surface area (Å²) >= 11 is 0. The fourth-order valence-electron chi connectivity index (χ4n) is 1.91. The minimum atomic E-state index is 0.127. The van der Waals surface area contributed by atoms with Gasteiger partial charge in [-0.15, -0.1) is 0 Å². The highest BCUT2D eigenvalue weighted by Gasteiger charge is 2.20. The van der Waals surface area contributed by atoms with Gasteiger partial charge in [-0.2, -0.15) is 0 Å². The second-order valence-corrected chi connectivity index (χ2v) is 3.55. The molecule has 1 heterocycles. The molecule has 1 atom stereocenters. The first-order valence-electron chi connectivity index (χ1n) is 4.83. The molecule has 0 saturated carbocycles. The van der Waals surface area contributed by atoms with Gasteiger partial charge in [0.25, 0.3) is 0 Å². The van der Waals surface area contributed by atoms with Crippen LogP contribution in [0.15, 0.2) is 18.2 Å². The number of aromatic hydroxyl groups is 1. The van der Waals surface area contributed by atoms with Crippen molar-refractivity contribution in [3.8, 4) is 5.75 Å². The van der Waals surface area contributed by atoms with Crippen molar-refractivity contribution in [1.82, 2.24) is 5.32 Å². The summed E-state index contributed by atoms with van der Waals surface area (Å²) in [7, 11) is 0. The van der Waals surface area contributed by atoms with Crippen molar-refractivity contribution < 1.29 is 9.90 Å². The molecule has 3 nitrogen and oxygen atoms in total. The largest absolute Gasteiger partial charge is 0.507 e. The minimum absolute atomic E-state index is 0.127. The van der Waals surface area contributed by atoms with E-state index in [1.54, 1.807) is 12.1 Å². The maximum Gasteiger partial charge on any atom is 0.153 e. The van der Waals surface area contributed by atoms with Gasteiger partial charge in [0.15, 0.2) is 6.29 Å². The van der Waals surface area contributed by atoms with Gasteiger partial charge in [0, 0.05) is 11.6 Å². The Morgan fingerprint density at radius 2 is 2.36 bits per heavy atom. The molecule has 1 aromatic rings. The average molecular weight is 191 g/mol. The molecule has 14 heavy (non-hydrogen) atoms. The Morgan fingerprint density at radius 1 is 1.50 bits per heavy atom. The van der Waals surface area contributed by atoms with Crippen LogP contribution in [-0.2, 0) is 0 Å². The molecule has 0 bridgehead atoms. The smallest absolute Gasteiger partial charge is 0.153 e. The third-order valence-corrected chi connectivity index (χ3v) is 2.66. The normalized spacial score (nSPS) is 21.0. The van der Waals surface area contributed by atoms with Gasteiger partial charge in [0.05, 0.1) is 5.56 Å². The third-order valence-electron chi connectivity index (χ3n) is 2.66. The Labute approximate surface area is 82.8 Å². The SMILES string of the molecule is O=Cc1cccc(C2CCCN2)c1O. The summed E-state index contributed by atoms with van der Waals surface area (Å²) in [6, 6.07) is 5.50. The molecule has 74 valence electrons. The van der Waals surface area contributed by atoms with E-state index in [1.165, 1.54) is 0 Å². The lowest BCUT2D eigenvalue weighted by Gasteiger charge is -2.13. The topological polar surface area (TPSA) is 49.3 Å². The molecule has 1 unspecified atom stereocenters. The summed E-state index contributed by atoms with van der Waals surface area (Å²) in [6.45, 7) is 0.982. The van der Waals surface area contributed by atoms with Crippen LogP contribution in [0.5, 0.6) is 5.75 Å². The van der Waals surface area contributed by atoms with E-state index in [4.69, 9.17) is 0 Å². The molecule has 1 fully saturated rings. The zero-order valence-corrected chi connectivity index (χ0v) is 7.86. The predicted molar refractivity (Wildman–Crippen MR) is 53.5 cm³/mol. The summed E-state index contributed by atoms with van der Waals surface area (Å²) in [5.41, 5.74) is 1.21. The van der Waals surface area contributed by atoms with Crippen LogP contribution < -0.4 is 5.32 Å². The molecule has 0 spiro atoms. The molecule has 0 aliphatic carbocycles.